The molecule has 0 saturated heterocycles. The first-order chi connectivity index (χ1) is 16.4. The number of benzene rings is 2. The molecule has 7 nitrogen and oxygen atoms in total. The molecular formula is C27H30N2O5. The van der Waals surface area contributed by atoms with Gasteiger partial charge in [0.25, 0.3) is 0 Å². The van der Waals surface area contributed by atoms with Crippen molar-refractivity contribution in [2.45, 2.75) is 57.0 Å². The molecule has 2 amide bonds. The van der Waals surface area contributed by atoms with Crippen LogP contribution < -0.4 is 10.6 Å². The van der Waals surface area contributed by atoms with E-state index in [0.717, 1.165) is 12.8 Å². The molecule has 0 heterocycles. The van der Waals surface area contributed by atoms with Crippen molar-refractivity contribution in [2.24, 2.45) is 11.3 Å². The lowest BCUT2D eigenvalue weighted by atomic mass is 9.98. The van der Waals surface area contributed by atoms with Gasteiger partial charge in [0, 0.05) is 18.0 Å². The lowest BCUT2D eigenvalue weighted by Crippen LogP contribution is -2.42. The predicted octanol–water partition coefficient (Wildman–Crippen LogP) is 4.06. The van der Waals surface area contributed by atoms with Gasteiger partial charge >= 0.3 is 12.1 Å². The molecule has 3 N–H and O–H groups in total. The minimum atomic E-state index is -0.918. The van der Waals surface area contributed by atoms with Gasteiger partial charge in [0.15, 0.2) is 0 Å². The Morgan fingerprint density at radius 2 is 1.71 bits per heavy atom. The van der Waals surface area contributed by atoms with Crippen molar-refractivity contribution in [1.29, 1.82) is 0 Å². The Morgan fingerprint density at radius 1 is 1.06 bits per heavy atom. The molecule has 0 bridgehead atoms. The number of nitrogens with one attached hydrogen (secondary N) is 2. The summed E-state index contributed by atoms with van der Waals surface area (Å²) >= 11 is 0. The normalized spacial score (nSPS) is 25.0. The third kappa shape index (κ3) is 4.04. The molecule has 178 valence electrons. The zero-order valence-electron chi connectivity index (χ0n) is 19.3. The van der Waals surface area contributed by atoms with Crippen molar-refractivity contribution >= 4 is 18.0 Å². The van der Waals surface area contributed by atoms with E-state index in [1.807, 2.05) is 31.2 Å². The fraction of sp³-hybridized carbons (Fsp3) is 0.444. The fourth-order valence-electron chi connectivity index (χ4n) is 5.93. The molecule has 4 atom stereocenters. The highest BCUT2D eigenvalue weighted by atomic mass is 16.5. The van der Waals surface area contributed by atoms with Crippen LogP contribution in [0.2, 0.25) is 0 Å². The maximum atomic E-state index is 12.9. The van der Waals surface area contributed by atoms with Gasteiger partial charge in [0.05, 0.1) is 11.8 Å². The molecule has 2 fully saturated rings. The number of carbonyl (C=O) groups is 3. The number of carbonyl (C=O) groups excluding carboxylic acids is 2. The molecule has 3 aliphatic carbocycles. The van der Waals surface area contributed by atoms with E-state index in [0.29, 0.717) is 12.8 Å². The number of fused-ring (bicyclic) bond motifs is 4. The molecule has 34 heavy (non-hydrogen) atoms. The monoisotopic (exact) mass is 462 g/mol. The van der Waals surface area contributed by atoms with Crippen molar-refractivity contribution < 1.29 is 24.2 Å². The van der Waals surface area contributed by atoms with E-state index in [1.165, 1.54) is 22.3 Å². The number of alkyl carbamates (subject to hydrolysis) is 1. The molecule has 0 aliphatic heterocycles. The van der Waals surface area contributed by atoms with Crippen LogP contribution in [0.3, 0.4) is 0 Å². The van der Waals surface area contributed by atoms with Gasteiger partial charge in [-0.05, 0) is 53.9 Å². The minimum absolute atomic E-state index is 0.00691. The summed E-state index contributed by atoms with van der Waals surface area (Å²) in [4.78, 5) is 36.5. The van der Waals surface area contributed by atoms with Crippen LogP contribution in [0, 0.1) is 11.3 Å². The van der Waals surface area contributed by atoms with Crippen LogP contribution in [0.15, 0.2) is 48.5 Å². The number of hydrogen-bond acceptors (Lipinski definition) is 4. The molecule has 2 aromatic carbocycles. The quantitative estimate of drug-likeness (QED) is 0.549. The lowest BCUT2D eigenvalue weighted by Gasteiger charge is -2.21. The van der Waals surface area contributed by atoms with Crippen LogP contribution in [0.5, 0.6) is 0 Å². The number of aliphatic carboxylic acids is 1. The molecule has 0 spiro atoms. The zero-order chi connectivity index (χ0) is 23.9. The summed E-state index contributed by atoms with van der Waals surface area (Å²) in [5.74, 6) is -0.762. The summed E-state index contributed by atoms with van der Waals surface area (Å²) in [7, 11) is 0. The zero-order valence-corrected chi connectivity index (χ0v) is 19.3. The second-order valence-corrected chi connectivity index (χ2v) is 9.84. The molecule has 0 radical (unpaired) electrons. The van der Waals surface area contributed by atoms with Gasteiger partial charge < -0.3 is 20.5 Å². The highest BCUT2D eigenvalue weighted by Gasteiger charge is 2.65. The van der Waals surface area contributed by atoms with Crippen LogP contribution in [-0.2, 0) is 14.3 Å². The smallest absolute Gasteiger partial charge is 0.407 e. The molecule has 2 aromatic rings. The average Bonchev–Trinajstić information content (AvgIpc) is 3.25. The predicted molar refractivity (Wildman–Crippen MR) is 126 cm³/mol. The summed E-state index contributed by atoms with van der Waals surface area (Å²) in [6.07, 6.45) is 2.14. The van der Waals surface area contributed by atoms with E-state index in [9.17, 15) is 14.4 Å². The maximum Gasteiger partial charge on any atom is 0.407 e. The summed E-state index contributed by atoms with van der Waals surface area (Å²) in [5, 5.41) is 14.9. The highest BCUT2D eigenvalue weighted by Crippen LogP contribution is 2.63. The Morgan fingerprint density at radius 3 is 2.32 bits per heavy atom. The van der Waals surface area contributed by atoms with Gasteiger partial charge in [-0.1, -0.05) is 55.5 Å². The highest BCUT2D eigenvalue weighted by molar-refractivity contribution is 5.87. The van der Waals surface area contributed by atoms with E-state index in [2.05, 4.69) is 34.9 Å². The Balaban J connectivity index is 1.16. The standard InChI is InChI=1S/C27H30N2O5/c1-2-17(12-24(30)31)28-25(32)27-13-16(27)11-18(14-27)29-26(33)34-15-23-21-9-5-3-7-19(21)20-8-4-6-10-22(20)23/h3-10,16-18,23H,2,11-15H2,1H3,(H,28,32)(H,29,33)(H,30,31)/t16-,17?,18+,27+/m0/s1. The number of amides is 2. The number of rotatable bonds is 8. The van der Waals surface area contributed by atoms with Crippen molar-refractivity contribution in [1.82, 2.24) is 10.6 Å². The van der Waals surface area contributed by atoms with Crippen molar-refractivity contribution in [3.05, 3.63) is 59.7 Å². The second kappa shape index (κ2) is 8.78. The Bertz CT molecular complexity index is 1090. The number of hydrogen-bond donors (Lipinski definition) is 3. The van der Waals surface area contributed by atoms with E-state index >= 15 is 0 Å². The van der Waals surface area contributed by atoms with Crippen LogP contribution in [0.25, 0.3) is 11.1 Å². The van der Waals surface area contributed by atoms with Gasteiger partial charge in [-0.15, -0.1) is 0 Å². The first kappa shape index (κ1) is 22.4. The molecule has 0 aromatic heterocycles. The maximum absolute atomic E-state index is 12.9. The summed E-state index contributed by atoms with van der Waals surface area (Å²) in [5.41, 5.74) is 4.23. The van der Waals surface area contributed by atoms with Crippen molar-refractivity contribution in [3.63, 3.8) is 0 Å². The Hall–Kier alpha value is -3.35. The first-order valence-electron chi connectivity index (χ1n) is 12.1. The SMILES string of the molecule is CCC(CC(=O)O)NC(=O)[C@]12C[C@H](NC(=O)OCC3c4ccccc4-c4ccccc43)C[C@H]1C2. The average molecular weight is 463 g/mol. The van der Waals surface area contributed by atoms with E-state index in [4.69, 9.17) is 9.84 Å². The molecule has 3 aliphatic rings. The molecule has 2 saturated carbocycles. The summed E-state index contributed by atoms with van der Waals surface area (Å²) < 4.78 is 5.65. The van der Waals surface area contributed by atoms with Crippen LogP contribution in [0.1, 0.15) is 56.1 Å². The first-order valence-corrected chi connectivity index (χ1v) is 12.1. The molecular weight excluding hydrogens is 432 g/mol. The molecule has 7 heteroatoms. The van der Waals surface area contributed by atoms with Gasteiger partial charge in [0.1, 0.15) is 6.61 Å². The van der Waals surface area contributed by atoms with E-state index in [-0.39, 0.29) is 42.9 Å². The summed E-state index contributed by atoms with van der Waals surface area (Å²) in [6, 6.07) is 15.9. The van der Waals surface area contributed by atoms with Gasteiger partial charge in [-0.25, -0.2) is 4.79 Å². The van der Waals surface area contributed by atoms with Crippen LogP contribution >= 0.6 is 0 Å². The van der Waals surface area contributed by atoms with Gasteiger partial charge in [-0.3, -0.25) is 9.59 Å². The minimum Gasteiger partial charge on any atom is -0.481 e. The number of carboxylic acid groups (broad SMARTS) is 1. The molecule has 1 unspecified atom stereocenters. The van der Waals surface area contributed by atoms with Crippen molar-refractivity contribution in [3.8, 4) is 11.1 Å². The largest absolute Gasteiger partial charge is 0.481 e. The topological polar surface area (TPSA) is 105 Å². The van der Waals surface area contributed by atoms with Crippen LogP contribution in [-0.4, -0.2) is 41.8 Å². The number of carboxylic acids is 1. The van der Waals surface area contributed by atoms with Crippen LogP contribution in [0.4, 0.5) is 4.79 Å². The Labute approximate surface area is 198 Å². The van der Waals surface area contributed by atoms with Gasteiger partial charge in [-0.2, -0.15) is 0 Å². The lowest BCUT2D eigenvalue weighted by molar-refractivity contribution is -0.138. The third-order valence-corrected chi connectivity index (χ3v) is 7.78. The van der Waals surface area contributed by atoms with E-state index < -0.39 is 17.5 Å². The Kier molecular flexibility index (Phi) is 5.80. The van der Waals surface area contributed by atoms with Gasteiger partial charge in [0.2, 0.25) is 5.91 Å². The third-order valence-electron chi connectivity index (χ3n) is 7.78. The fourth-order valence-corrected chi connectivity index (χ4v) is 5.93. The van der Waals surface area contributed by atoms with E-state index in [1.54, 1.807) is 0 Å². The summed E-state index contributed by atoms with van der Waals surface area (Å²) in [6.45, 7) is 2.13. The second-order valence-electron chi connectivity index (χ2n) is 9.84. The van der Waals surface area contributed by atoms with Crippen molar-refractivity contribution in [2.75, 3.05) is 6.61 Å². The number of ether oxygens (including phenoxy) is 1. The molecule has 5 rings (SSSR count).